The Morgan fingerprint density at radius 1 is 1.50 bits per heavy atom. The number of allylic oxidation sites excluding steroid dienone is 1. The topological polar surface area (TPSA) is 21.3 Å². The predicted octanol–water partition coefficient (Wildman–Crippen LogP) is 3.14. The number of ether oxygens (including phenoxy) is 1. The van der Waals surface area contributed by atoms with Gasteiger partial charge in [-0.25, -0.2) is 0 Å². The Labute approximate surface area is 98.3 Å². The third kappa shape index (κ3) is 4.49. The number of hydrogen-bond donors (Lipinski definition) is 1. The van der Waals surface area contributed by atoms with Crippen LogP contribution in [0.2, 0.25) is 0 Å². The second-order valence-electron chi connectivity index (χ2n) is 4.00. The van der Waals surface area contributed by atoms with Crippen molar-refractivity contribution in [3.63, 3.8) is 0 Å². The fraction of sp³-hybridized carbons (Fsp3) is 0.429. The molecule has 0 heterocycles. The fourth-order valence-corrected chi connectivity index (χ4v) is 1.54. The molecule has 2 nitrogen and oxygen atoms in total. The van der Waals surface area contributed by atoms with Crippen molar-refractivity contribution in [1.29, 1.82) is 0 Å². The standard InChI is InChI=1S/C14H21NO/c1-4-5-7-12(2)15-11-13-8-6-9-14(10-13)16-3/h4,6,8-10,12,15H,1,5,7,11H2,2-3H3. The lowest BCUT2D eigenvalue weighted by molar-refractivity contribution is 0.413. The molecule has 0 fully saturated rings. The third-order valence-corrected chi connectivity index (χ3v) is 2.59. The van der Waals surface area contributed by atoms with Gasteiger partial charge in [-0.15, -0.1) is 6.58 Å². The first-order valence-corrected chi connectivity index (χ1v) is 5.73. The minimum Gasteiger partial charge on any atom is -0.497 e. The maximum Gasteiger partial charge on any atom is 0.119 e. The van der Waals surface area contributed by atoms with E-state index >= 15 is 0 Å². The second kappa shape index (κ2) is 7.07. The van der Waals surface area contributed by atoms with Crippen LogP contribution in [0.5, 0.6) is 5.75 Å². The molecular weight excluding hydrogens is 198 g/mol. The molecule has 1 rings (SSSR count). The van der Waals surface area contributed by atoms with Crippen LogP contribution in [0.3, 0.4) is 0 Å². The van der Waals surface area contributed by atoms with E-state index in [1.165, 1.54) is 5.56 Å². The largest absolute Gasteiger partial charge is 0.497 e. The van der Waals surface area contributed by atoms with E-state index in [4.69, 9.17) is 4.74 Å². The maximum atomic E-state index is 5.19. The summed E-state index contributed by atoms with van der Waals surface area (Å²) >= 11 is 0. The van der Waals surface area contributed by atoms with E-state index in [1.807, 2.05) is 18.2 Å². The number of methoxy groups -OCH3 is 1. The monoisotopic (exact) mass is 219 g/mol. The Kier molecular flexibility index (Phi) is 5.65. The third-order valence-electron chi connectivity index (χ3n) is 2.59. The van der Waals surface area contributed by atoms with Crippen LogP contribution < -0.4 is 10.1 Å². The van der Waals surface area contributed by atoms with Gasteiger partial charge in [-0.2, -0.15) is 0 Å². The summed E-state index contributed by atoms with van der Waals surface area (Å²) in [5.41, 5.74) is 1.25. The molecule has 0 saturated heterocycles. The molecule has 0 aliphatic rings. The van der Waals surface area contributed by atoms with E-state index in [0.717, 1.165) is 25.1 Å². The molecule has 0 bridgehead atoms. The molecule has 88 valence electrons. The molecule has 1 unspecified atom stereocenters. The van der Waals surface area contributed by atoms with Crippen LogP contribution in [0.25, 0.3) is 0 Å². The van der Waals surface area contributed by atoms with Gasteiger partial charge in [0.1, 0.15) is 5.75 Å². The first kappa shape index (κ1) is 12.8. The van der Waals surface area contributed by atoms with Crippen molar-refractivity contribution in [1.82, 2.24) is 5.32 Å². The van der Waals surface area contributed by atoms with Crippen molar-refractivity contribution in [2.75, 3.05) is 7.11 Å². The highest BCUT2D eigenvalue weighted by molar-refractivity contribution is 5.28. The van der Waals surface area contributed by atoms with E-state index in [0.29, 0.717) is 6.04 Å². The number of rotatable bonds is 7. The van der Waals surface area contributed by atoms with Crippen molar-refractivity contribution in [3.05, 3.63) is 42.5 Å². The van der Waals surface area contributed by atoms with E-state index in [-0.39, 0.29) is 0 Å². The molecule has 1 atom stereocenters. The summed E-state index contributed by atoms with van der Waals surface area (Å²) in [6, 6.07) is 8.67. The zero-order valence-electron chi connectivity index (χ0n) is 10.2. The SMILES string of the molecule is C=CCCC(C)NCc1cccc(OC)c1. The zero-order chi connectivity index (χ0) is 11.8. The second-order valence-corrected chi connectivity index (χ2v) is 4.00. The average Bonchev–Trinajstić information content (AvgIpc) is 2.34. The Bertz CT molecular complexity index is 322. The molecule has 16 heavy (non-hydrogen) atoms. The summed E-state index contributed by atoms with van der Waals surface area (Å²) in [4.78, 5) is 0. The molecule has 0 aromatic heterocycles. The van der Waals surface area contributed by atoms with Crippen LogP contribution in [-0.4, -0.2) is 13.2 Å². The van der Waals surface area contributed by atoms with Gasteiger partial charge in [0.2, 0.25) is 0 Å². The minimum absolute atomic E-state index is 0.518. The lowest BCUT2D eigenvalue weighted by atomic mass is 10.1. The van der Waals surface area contributed by atoms with Gasteiger partial charge in [0, 0.05) is 12.6 Å². The summed E-state index contributed by atoms with van der Waals surface area (Å²) in [5, 5.41) is 3.48. The summed E-state index contributed by atoms with van der Waals surface area (Å²) in [6.45, 7) is 6.81. The molecule has 0 aliphatic heterocycles. The summed E-state index contributed by atoms with van der Waals surface area (Å²) in [6.07, 6.45) is 4.16. The number of benzene rings is 1. The normalized spacial score (nSPS) is 12.1. The van der Waals surface area contributed by atoms with Crippen molar-refractivity contribution in [2.24, 2.45) is 0 Å². The molecule has 1 aromatic carbocycles. The van der Waals surface area contributed by atoms with Crippen LogP contribution in [0.1, 0.15) is 25.3 Å². The predicted molar refractivity (Wildman–Crippen MR) is 68.7 cm³/mol. The van der Waals surface area contributed by atoms with E-state index in [2.05, 4.69) is 31.0 Å². The first-order chi connectivity index (χ1) is 7.76. The van der Waals surface area contributed by atoms with Crippen molar-refractivity contribution in [2.45, 2.75) is 32.4 Å². The van der Waals surface area contributed by atoms with Gasteiger partial charge in [0.25, 0.3) is 0 Å². The lowest BCUT2D eigenvalue weighted by Gasteiger charge is -2.13. The Morgan fingerprint density at radius 2 is 2.31 bits per heavy atom. The lowest BCUT2D eigenvalue weighted by Crippen LogP contribution is -2.25. The Morgan fingerprint density at radius 3 is 3.00 bits per heavy atom. The minimum atomic E-state index is 0.518. The van der Waals surface area contributed by atoms with Crippen LogP contribution in [-0.2, 0) is 6.54 Å². The molecule has 0 radical (unpaired) electrons. The maximum absolute atomic E-state index is 5.19. The van der Waals surface area contributed by atoms with Crippen LogP contribution in [0, 0.1) is 0 Å². The van der Waals surface area contributed by atoms with Gasteiger partial charge in [-0.05, 0) is 37.5 Å². The molecule has 0 spiro atoms. The fourth-order valence-electron chi connectivity index (χ4n) is 1.54. The van der Waals surface area contributed by atoms with Gasteiger partial charge in [-0.3, -0.25) is 0 Å². The quantitative estimate of drug-likeness (QED) is 0.711. The van der Waals surface area contributed by atoms with Crippen LogP contribution in [0.15, 0.2) is 36.9 Å². The highest BCUT2D eigenvalue weighted by Gasteiger charge is 2.00. The van der Waals surface area contributed by atoms with Gasteiger partial charge in [0.05, 0.1) is 7.11 Å². The number of hydrogen-bond acceptors (Lipinski definition) is 2. The highest BCUT2D eigenvalue weighted by atomic mass is 16.5. The Hall–Kier alpha value is -1.28. The zero-order valence-corrected chi connectivity index (χ0v) is 10.2. The molecule has 1 aromatic rings. The van der Waals surface area contributed by atoms with E-state index < -0.39 is 0 Å². The van der Waals surface area contributed by atoms with Crippen molar-refractivity contribution < 1.29 is 4.74 Å². The molecular formula is C14H21NO. The molecule has 0 amide bonds. The van der Waals surface area contributed by atoms with E-state index in [1.54, 1.807) is 7.11 Å². The molecule has 0 saturated carbocycles. The van der Waals surface area contributed by atoms with Crippen molar-refractivity contribution >= 4 is 0 Å². The van der Waals surface area contributed by atoms with Gasteiger partial charge in [0.15, 0.2) is 0 Å². The smallest absolute Gasteiger partial charge is 0.119 e. The molecule has 0 aliphatic carbocycles. The van der Waals surface area contributed by atoms with E-state index in [9.17, 15) is 0 Å². The van der Waals surface area contributed by atoms with Gasteiger partial charge >= 0.3 is 0 Å². The molecule has 2 heteroatoms. The summed E-state index contributed by atoms with van der Waals surface area (Å²) < 4.78 is 5.19. The highest BCUT2D eigenvalue weighted by Crippen LogP contribution is 2.12. The Balaban J connectivity index is 2.38. The molecule has 1 N–H and O–H groups in total. The summed E-state index contributed by atoms with van der Waals surface area (Å²) in [5.74, 6) is 0.915. The van der Waals surface area contributed by atoms with Crippen LogP contribution in [0.4, 0.5) is 0 Å². The summed E-state index contributed by atoms with van der Waals surface area (Å²) in [7, 11) is 1.69. The number of nitrogens with one attached hydrogen (secondary N) is 1. The van der Waals surface area contributed by atoms with Crippen molar-refractivity contribution in [3.8, 4) is 5.75 Å². The van der Waals surface area contributed by atoms with Gasteiger partial charge < -0.3 is 10.1 Å². The average molecular weight is 219 g/mol. The first-order valence-electron chi connectivity index (χ1n) is 5.73. The van der Waals surface area contributed by atoms with Crippen LogP contribution >= 0.6 is 0 Å². The van der Waals surface area contributed by atoms with Gasteiger partial charge in [-0.1, -0.05) is 18.2 Å².